The van der Waals surface area contributed by atoms with Crippen LogP contribution in [0.3, 0.4) is 0 Å². The summed E-state index contributed by atoms with van der Waals surface area (Å²) in [6.45, 7) is 4.07. The van der Waals surface area contributed by atoms with E-state index in [0.29, 0.717) is 4.90 Å². The molecule has 126 valence electrons. The van der Waals surface area contributed by atoms with Crippen LogP contribution in [0.2, 0.25) is 0 Å². The van der Waals surface area contributed by atoms with Gasteiger partial charge < -0.3 is 0 Å². The van der Waals surface area contributed by atoms with Crippen molar-refractivity contribution in [1.82, 2.24) is 4.72 Å². The third-order valence-electron chi connectivity index (χ3n) is 6.67. The minimum Gasteiger partial charge on any atom is -0.208 e. The Kier molecular flexibility index (Phi) is 3.62. The Balaban J connectivity index is 1.55. The van der Waals surface area contributed by atoms with Gasteiger partial charge in [0.15, 0.2) is 0 Å². The molecule has 0 unspecified atom stereocenters. The number of rotatable bonds is 4. The van der Waals surface area contributed by atoms with E-state index in [9.17, 15) is 8.42 Å². The number of nitrogens with one attached hydrogen (secondary N) is 1. The molecule has 1 aromatic carbocycles. The molecule has 1 aromatic rings. The molecule has 5 rings (SSSR count). The van der Waals surface area contributed by atoms with E-state index < -0.39 is 10.0 Å². The quantitative estimate of drug-likeness (QED) is 0.909. The van der Waals surface area contributed by atoms with E-state index in [1.165, 1.54) is 38.5 Å². The van der Waals surface area contributed by atoms with E-state index in [1.54, 1.807) is 12.1 Å². The first-order valence-corrected chi connectivity index (χ1v) is 10.4. The number of aryl methyl sites for hydroxylation is 1. The summed E-state index contributed by atoms with van der Waals surface area (Å²) < 4.78 is 28.5. The molecule has 0 saturated heterocycles. The summed E-state index contributed by atoms with van der Waals surface area (Å²) in [6, 6.07) is 7.18. The molecule has 4 aliphatic carbocycles. The van der Waals surface area contributed by atoms with Gasteiger partial charge in [0, 0.05) is 6.04 Å². The van der Waals surface area contributed by atoms with Crippen molar-refractivity contribution in [2.45, 2.75) is 63.3 Å². The maximum absolute atomic E-state index is 12.7. The lowest BCUT2D eigenvalue weighted by atomic mass is 9.48. The first kappa shape index (κ1) is 15.6. The lowest BCUT2D eigenvalue weighted by Gasteiger charge is -2.59. The van der Waals surface area contributed by atoms with Crippen molar-refractivity contribution >= 4 is 10.0 Å². The molecule has 4 heteroatoms. The van der Waals surface area contributed by atoms with Crippen LogP contribution >= 0.6 is 0 Å². The average Bonchev–Trinajstić information content (AvgIpc) is 2.45. The van der Waals surface area contributed by atoms with Crippen molar-refractivity contribution in [2.75, 3.05) is 0 Å². The van der Waals surface area contributed by atoms with E-state index in [1.807, 2.05) is 19.1 Å². The van der Waals surface area contributed by atoms with E-state index in [2.05, 4.69) is 11.6 Å². The van der Waals surface area contributed by atoms with Crippen molar-refractivity contribution < 1.29 is 8.42 Å². The first-order chi connectivity index (χ1) is 10.9. The summed E-state index contributed by atoms with van der Waals surface area (Å²) in [4.78, 5) is 0.389. The Bertz CT molecular complexity index is 657. The number of hydrogen-bond donors (Lipinski definition) is 1. The van der Waals surface area contributed by atoms with Crippen molar-refractivity contribution in [3.05, 3.63) is 29.8 Å². The molecule has 4 bridgehead atoms. The van der Waals surface area contributed by atoms with Gasteiger partial charge in [-0.3, -0.25) is 0 Å². The third kappa shape index (κ3) is 2.74. The molecular weight excluding hydrogens is 306 g/mol. The average molecular weight is 333 g/mol. The molecule has 0 spiro atoms. The first-order valence-electron chi connectivity index (χ1n) is 8.95. The second kappa shape index (κ2) is 5.32. The fourth-order valence-electron chi connectivity index (χ4n) is 5.85. The summed E-state index contributed by atoms with van der Waals surface area (Å²) >= 11 is 0. The van der Waals surface area contributed by atoms with E-state index in [-0.39, 0.29) is 11.5 Å². The van der Waals surface area contributed by atoms with Crippen molar-refractivity contribution in [3.63, 3.8) is 0 Å². The number of benzene rings is 1. The Morgan fingerprint density at radius 2 is 1.48 bits per heavy atom. The summed E-state index contributed by atoms with van der Waals surface area (Å²) in [5, 5.41) is 0. The van der Waals surface area contributed by atoms with Gasteiger partial charge >= 0.3 is 0 Å². The van der Waals surface area contributed by atoms with Gasteiger partial charge in [0.25, 0.3) is 0 Å². The molecule has 0 aromatic heterocycles. The van der Waals surface area contributed by atoms with Gasteiger partial charge in [-0.25, -0.2) is 13.1 Å². The van der Waals surface area contributed by atoms with E-state index in [4.69, 9.17) is 0 Å². The van der Waals surface area contributed by atoms with Crippen LogP contribution in [0, 0.1) is 30.1 Å². The third-order valence-corrected chi connectivity index (χ3v) is 8.22. The lowest BCUT2D eigenvalue weighted by Crippen LogP contribution is -2.55. The molecule has 0 heterocycles. The normalized spacial score (nSPS) is 37.0. The fraction of sp³-hybridized carbons (Fsp3) is 0.684. The predicted octanol–water partition coefficient (Wildman–Crippen LogP) is 3.88. The van der Waals surface area contributed by atoms with Crippen LogP contribution in [0.5, 0.6) is 0 Å². The molecule has 0 amide bonds. The summed E-state index contributed by atoms with van der Waals surface area (Å²) in [6.07, 6.45) is 7.81. The van der Waals surface area contributed by atoms with Crippen LogP contribution in [0.1, 0.15) is 51.0 Å². The van der Waals surface area contributed by atoms with Gasteiger partial charge in [-0.15, -0.1) is 0 Å². The highest BCUT2D eigenvalue weighted by molar-refractivity contribution is 7.89. The molecule has 4 fully saturated rings. The SMILES string of the molecule is Cc1ccc(S(=O)(=O)N[C@@H](C)C23CC4CC(CC(C4)C2)C3)cc1. The van der Waals surface area contributed by atoms with Crippen LogP contribution in [-0.2, 0) is 10.0 Å². The van der Waals surface area contributed by atoms with Crippen LogP contribution in [0.15, 0.2) is 29.2 Å². The largest absolute Gasteiger partial charge is 0.240 e. The molecule has 0 radical (unpaired) electrons. The van der Waals surface area contributed by atoms with Gasteiger partial charge in [-0.2, -0.15) is 0 Å². The highest BCUT2D eigenvalue weighted by Crippen LogP contribution is 2.61. The van der Waals surface area contributed by atoms with Gasteiger partial charge in [0.1, 0.15) is 0 Å². The zero-order chi connectivity index (χ0) is 16.2. The monoisotopic (exact) mass is 333 g/mol. The zero-order valence-corrected chi connectivity index (χ0v) is 14.9. The summed E-state index contributed by atoms with van der Waals surface area (Å²) in [7, 11) is -3.42. The highest BCUT2D eigenvalue weighted by atomic mass is 32.2. The number of hydrogen-bond acceptors (Lipinski definition) is 2. The highest BCUT2D eigenvalue weighted by Gasteiger charge is 2.53. The minimum absolute atomic E-state index is 0.0298. The second-order valence-corrected chi connectivity index (χ2v) is 10.1. The van der Waals surface area contributed by atoms with Crippen LogP contribution in [-0.4, -0.2) is 14.5 Å². The van der Waals surface area contributed by atoms with Gasteiger partial charge in [0.2, 0.25) is 10.0 Å². The van der Waals surface area contributed by atoms with Crippen molar-refractivity contribution in [1.29, 1.82) is 0 Å². The Morgan fingerprint density at radius 1 is 1.00 bits per heavy atom. The minimum atomic E-state index is -3.42. The maximum Gasteiger partial charge on any atom is 0.240 e. The second-order valence-electron chi connectivity index (χ2n) is 8.44. The molecule has 23 heavy (non-hydrogen) atoms. The number of sulfonamides is 1. The Hall–Kier alpha value is -0.870. The smallest absolute Gasteiger partial charge is 0.208 e. The molecular formula is C19H27NO2S. The van der Waals surface area contributed by atoms with Gasteiger partial charge in [-0.05, 0) is 87.7 Å². The Morgan fingerprint density at radius 3 is 1.96 bits per heavy atom. The zero-order valence-electron chi connectivity index (χ0n) is 14.1. The van der Waals surface area contributed by atoms with Crippen LogP contribution in [0.25, 0.3) is 0 Å². The molecule has 0 aliphatic heterocycles. The maximum atomic E-state index is 12.7. The van der Waals surface area contributed by atoms with Crippen LogP contribution in [0.4, 0.5) is 0 Å². The van der Waals surface area contributed by atoms with Crippen molar-refractivity contribution in [3.8, 4) is 0 Å². The molecule has 4 aliphatic rings. The molecule has 1 atom stereocenters. The van der Waals surface area contributed by atoms with E-state index >= 15 is 0 Å². The standard InChI is InChI=1S/C19H27NO2S/c1-13-3-5-18(6-4-13)23(21,22)20-14(2)19-10-15-7-16(11-19)9-17(8-15)12-19/h3-6,14-17,20H,7-12H2,1-2H3/t14-,15?,16?,17?,19?/m0/s1. The summed E-state index contributed by atoms with van der Waals surface area (Å²) in [5.74, 6) is 2.52. The Labute approximate surface area is 139 Å². The molecule has 4 saturated carbocycles. The topological polar surface area (TPSA) is 46.2 Å². The lowest BCUT2D eigenvalue weighted by molar-refractivity contribution is -0.0666. The fourth-order valence-corrected chi connectivity index (χ4v) is 7.20. The van der Waals surface area contributed by atoms with Crippen molar-refractivity contribution in [2.24, 2.45) is 23.2 Å². The van der Waals surface area contributed by atoms with Gasteiger partial charge in [-0.1, -0.05) is 17.7 Å². The van der Waals surface area contributed by atoms with Crippen LogP contribution < -0.4 is 4.72 Å². The molecule has 1 N–H and O–H groups in total. The molecule has 3 nitrogen and oxygen atoms in total. The van der Waals surface area contributed by atoms with E-state index in [0.717, 1.165) is 23.3 Å². The van der Waals surface area contributed by atoms with Gasteiger partial charge in [0.05, 0.1) is 4.90 Å². The predicted molar refractivity (Wildman–Crippen MR) is 91.6 cm³/mol. The summed E-state index contributed by atoms with van der Waals surface area (Å²) in [5.41, 5.74) is 1.28.